The Balaban J connectivity index is 0.000000266. The Morgan fingerprint density at radius 1 is 0.393 bits per heavy atom. The summed E-state index contributed by atoms with van der Waals surface area (Å²) in [5.41, 5.74) is -3.72. The van der Waals surface area contributed by atoms with E-state index in [1.165, 1.54) is 19.3 Å². The van der Waals surface area contributed by atoms with E-state index in [4.69, 9.17) is 94.7 Å². The molecule has 5 aliphatic heterocycles. The van der Waals surface area contributed by atoms with Crippen LogP contribution < -0.4 is 0 Å². The highest BCUT2D eigenvalue weighted by atomic mass is 16.8. The van der Waals surface area contributed by atoms with E-state index in [1.54, 1.807) is 0 Å². The number of esters is 6. The summed E-state index contributed by atoms with van der Waals surface area (Å²) in [5, 5.41) is 0. The number of hydrogen-bond donors (Lipinski definition) is 0. The predicted octanol–water partition coefficient (Wildman–Crippen LogP) is 19.8. The van der Waals surface area contributed by atoms with Gasteiger partial charge in [0.15, 0.2) is 43.0 Å². The van der Waals surface area contributed by atoms with Crippen molar-refractivity contribution in [1.29, 1.82) is 0 Å². The van der Waals surface area contributed by atoms with Gasteiger partial charge in [0.2, 0.25) is 0 Å². The molecule has 712 valence electrons. The average molecular weight is 1740 g/mol. The lowest BCUT2D eigenvalue weighted by Crippen LogP contribution is -2.69. The smallest absolute Gasteiger partial charge is 0.312 e. The summed E-state index contributed by atoms with van der Waals surface area (Å²) in [6, 6.07) is 0. The first-order valence-electron chi connectivity index (χ1n) is 47.3. The van der Waals surface area contributed by atoms with E-state index in [2.05, 4.69) is 13.8 Å². The highest BCUT2D eigenvalue weighted by Gasteiger charge is 2.68. The minimum absolute atomic E-state index is 0.0305. The molecule has 0 spiro atoms. The summed E-state index contributed by atoms with van der Waals surface area (Å²) in [7, 11) is 0. The maximum atomic E-state index is 13.2. The van der Waals surface area contributed by atoms with Crippen molar-refractivity contribution >= 4 is 35.8 Å². The first-order chi connectivity index (χ1) is 57.2. The van der Waals surface area contributed by atoms with Crippen LogP contribution in [0.3, 0.4) is 0 Å². The van der Waals surface area contributed by atoms with Gasteiger partial charge in [0.05, 0.1) is 88.4 Å². The number of ether oxygens (including phenoxy) is 20. The van der Waals surface area contributed by atoms with Gasteiger partial charge in [-0.05, 0) is 278 Å². The second-order valence-electron chi connectivity index (χ2n) is 40.4. The molecule has 0 N–H and O–H groups in total. The molecular formula is C96H172O26. The summed E-state index contributed by atoms with van der Waals surface area (Å²) in [4.78, 5) is 72.0. The van der Waals surface area contributed by atoms with Crippen LogP contribution in [-0.4, -0.2) is 205 Å². The van der Waals surface area contributed by atoms with E-state index >= 15 is 0 Å². The summed E-state index contributed by atoms with van der Waals surface area (Å²) in [6.45, 7) is 54.2. The molecule has 0 aromatic heterocycles. The van der Waals surface area contributed by atoms with Crippen LogP contribution in [0.2, 0.25) is 0 Å². The van der Waals surface area contributed by atoms with Gasteiger partial charge < -0.3 is 94.7 Å². The third-order valence-electron chi connectivity index (χ3n) is 26.1. The third kappa shape index (κ3) is 37.4. The van der Waals surface area contributed by atoms with Crippen molar-refractivity contribution in [1.82, 2.24) is 0 Å². The molecule has 11 aliphatic rings. The van der Waals surface area contributed by atoms with Crippen LogP contribution in [-0.2, 0) is 124 Å². The van der Waals surface area contributed by atoms with Gasteiger partial charge in [-0.1, -0.05) is 74.1 Å². The molecule has 11 fully saturated rings. The molecule has 11 atom stereocenters. The molecule has 5 heterocycles. The summed E-state index contributed by atoms with van der Waals surface area (Å²) in [6.07, 6.45) is 29.8. The monoisotopic (exact) mass is 1740 g/mol. The lowest BCUT2D eigenvalue weighted by molar-refractivity contribution is -0.343. The number of carbonyl (C=O) groups is 6. The molecule has 0 aromatic carbocycles. The number of fused-ring (bicyclic) bond motifs is 1. The molecule has 11 unspecified atom stereocenters. The van der Waals surface area contributed by atoms with Gasteiger partial charge >= 0.3 is 35.8 Å². The van der Waals surface area contributed by atoms with E-state index in [0.717, 1.165) is 200 Å². The molecular weight excluding hydrogens is 1570 g/mol. The number of rotatable bonds is 38. The van der Waals surface area contributed by atoms with E-state index in [0.29, 0.717) is 58.3 Å². The zero-order valence-electron chi connectivity index (χ0n) is 80.9. The molecule has 0 radical (unpaired) electrons. The van der Waals surface area contributed by atoms with Crippen LogP contribution in [0.15, 0.2) is 0 Å². The Labute approximate surface area is 736 Å². The van der Waals surface area contributed by atoms with Gasteiger partial charge in [0.1, 0.15) is 44.2 Å². The lowest BCUT2D eigenvalue weighted by Gasteiger charge is -2.65. The summed E-state index contributed by atoms with van der Waals surface area (Å²) < 4.78 is 114. The summed E-state index contributed by atoms with van der Waals surface area (Å²) in [5.74, 6) is -1.48. The SMILES string of the molecule is CCC(C)(C)C(=O)OC12CC3CC(OC4CCCCO4)(C1)CC(OC1CCCCO1)(C3)C2.CCC(C)(C)C(=O)OC1CCC2OC(C)(C)OC2C1.CCC(C)(C)C(=O)OCC1COC(C)(C)O1.CCC(C)(C)C(=O)OCCOC(C)OC1CCCCC1.CCC(C)(C)C(=O)OCCOC1CCCCO1.CCCCOC(C)OCCOC(=O)C(C)(C)CC. The predicted molar refractivity (Wildman–Crippen MR) is 465 cm³/mol. The van der Waals surface area contributed by atoms with E-state index in [-0.39, 0.29) is 116 Å². The molecule has 4 bridgehead atoms. The van der Waals surface area contributed by atoms with Gasteiger partial charge in [-0.2, -0.15) is 0 Å². The molecule has 11 rings (SSSR count). The molecule has 26 heteroatoms. The molecule has 6 aliphatic carbocycles. The zero-order valence-corrected chi connectivity index (χ0v) is 80.9. The van der Waals surface area contributed by atoms with Crippen LogP contribution in [0.4, 0.5) is 0 Å². The average Bonchev–Trinajstić information content (AvgIpc) is 0.779. The molecule has 6 saturated carbocycles. The second-order valence-corrected chi connectivity index (χ2v) is 40.4. The Bertz CT molecular complexity index is 2990. The van der Waals surface area contributed by atoms with Crippen LogP contribution in [0.1, 0.15) is 372 Å². The maximum absolute atomic E-state index is 13.2. The van der Waals surface area contributed by atoms with Crippen LogP contribution in [0, 0.1) is 38.4 Å². The van der Waals surface area contributed by atoms with Crippen molar-refractivity contribution in [3.63, 3.8) is 0 Å². The fraction of sp³-hybridized carbons (Fsp3) is 0.938. The van der Waals surface area contributed by atoms with Gasteiger partial charge in [0.25, 0.3) is 0 Å². The lowest BCUT2D eigenvalue weighted by atomic mass is 9.50. The zero-order chi connectivity index (χ0) is 90.9. The molecule has 0 amide bonds. The van der Waals surface area contributed by atoms with Gasteiger partial charge in [0, 0.05) is 52.1 Å². The van der Waals surface area contributed by atoms with Crippen molar-refractivity contribution in [3.05, 3.63) is 0 Å². The topological polar surface area (TPSA) is 287 Å². The highest BCUT2D eigenvalue weighted by molar-refractivity contribution is 5.78. The molecule has 122 heavy (non-hydrogen) atoms. The second kappa shape index (κ2) is 51.0. The van der Waals surface area contributed by atoms with Gasteiger partial charge in [-0.15, -0.1) is 0 Å². The van der Waals surface area contributed by atoms with Crippen molar-refractivity contribution in [2.24, 2.45) is 38.4 Å². The Morgan fingerprint density at radius 3 is 1.25 bits per heavy atom. The van der Waals surface area contributed by atoms with Crippen molar-refractivity contribution in [3.8, 4) is 0 Å². The van der Waals surface area contributed by atoms with Gasteiger partial charge in [-0.25, -0.2) is 0 Å². The normalized spacial score (nSPS) is 28.0. The fourth-order valence-electron chi connectivity index (χ4n) is 16.0. The fourth-order valence-corrected chi connectivity index (χ4v) is 16.0. The summed E-state index contributed by atoms with van der Waals surface area (Å²) >= 11 is 0. The molecule has 0 aromatic rings. The minimum atomic E-state index is -0.558. The molecule has 5 saturated heterocycles. The first kappa shape index (κ1) is 109. The Morgan fingerprint density at radius 2 is 0.803 bits per heavy atom. The quantitative estimate of drug-likeness (QED) is 0.0240. The third-order valence-corrected chi connectivity index (χ3v) is 26.1. The van der Waals surface area contributed by atoms with Crippen LogP contribution in [0.25, 0.3) is 0 Å². The van der Waals surface area contributed by atoms with Crippen molar-refractivity contribution < 1.29 is 124 Å². The molecule has 26 nitrogen and oxygen atoms in total. The Kier molecular flexibility index (Phi) is 45.5. The largest absolute Gasteiger partial charge is 0.463 e. The van der Waals surface area contributed by atoms with E-state index < -0.39 is 49.7 Å². The first-order valence-corrected chi connectivity index (χ1v) is 47.3. The van der Waals surface area contributed by atoms with E-state index in [1.807, 2.05) is 159 Å². The Hall–Kier alpha value is -3.74. The number of unbranched alkanes of at least 4 members (excludes halogenated alkanes) is 1. The maximum Gasteiger partial charge on any atom is 0.312 e. The van der Waals surface area contributed by atoms with Crippen molar-refractivity contribution in [2.45, 2.75) is 462 Å². The van der Waals surface area contributed by atoms with Crippen molar-refractivity contribution in [2.75, 3.05) is 79.3 Å². The highest BCUT2D eigenvalue weighted by Crippen LogP contribution is 2.64. The number of carbonyl (C=O) groups excluding carboxylic acids is 6. The van der Waals surface area contributed by atoms with Crippen LogP contribution >= 0.6 is 0 Å². The van der Waals surface area contributed by atoms with E-state index in [9.17, 15) is 28.8 Å². The van der Waals surface area contributed by atoms with Gasteiger partial charge in [-0.3, -0.25) is 28.8 Å². The van der Waals surface area contributed by atoms with Crippen LogP contribution in [0.5, 0.6) is 0 Å². The minimum Gasteiger partial charge on any atom is -0.463 e. The standard InChI is InChI=1S/C26H42O6.C16H30O4.C15H26O4.C14H28O4.C13H24O4.C12H22O4/c1-4-23(2,3)22(27)32-26-15-19-13-24(17-26,30-20-9-5-7-11-28-20)16-25(14-19,18-26)31-21-10-6-8-12-29-21;1-5-16(3,4)15(17)19-12-11-18-13(2)20-14-9-7-6-8-10-14;1-6-14(2,3)13(16)17-10-7-8-11-12(9-10)19-15(4,5)18-11;1-6-8-9-16-12(3)17-10-11-18-13(15)14(4,5)7-2;1-4-13(2,3)12(14)17-10-9-16-11-7-5-6-8-15-11;1-6-11(2,3)10(13)14-7-9-8-15-12(4,5)16-9/h19-21H,4-18H2,1-3H3;13-14H,5-12H2,1-4H3;10-12H,6-9H2,1-5H3;12H,6-11H2,1-5H3;11H,4-10H2,1-3H3;9H,6-8H2,1-5H3. The number of hydrogen-bond acceptors (Lipinski definition) is 26.